The SMILES string of the molecule is NC(=S)c1cccc(S(=O)(=O)NCc2ccno2)c1. The van der Waals surface area contributed by atoms with E-state index >= 15 is 0 Å². The van der Waals surface area contributed by atoms with Crippen LogP contribution in [0.25, 0.3) is 0 Å². The van der Waals surface area contributed by atoms with Crippen molar-refractivity contribution in [1.82, 2.24) is 9.88 Å². The monoisotopic (exact) mass is 297 g/mol. The molecule has 0 aliphatic heterocycles. The number of nitrogens with one attached hydrogen (secondary N) is 1. The van der Waals surface area contributed by atoms with Gasteiger partial charge in [0.25, 0.3) is 0 Å². The third kappa shape index (κ3) is 3.37. The molecule has 0 unspecified atom stereocenters. The highest BCUT2D eigenvalue weighted by Gasteiger charge is 2.15. The van der Waals surface area contributed by atoms with Gasteiger partial charge in [-0.05, 0) is 12.1 Å². The largest absolute Gasteiger partial charge is 0.389 e. The zero-order valence-electron chi connectivity index (χ0n) is 9.74. The first-order valence-electron chi connectivity index (χ1n) is 5.28. The standard InChI is InChI=1S/C11H11N3O3S2/c12-11(18)8-2-1-3-10(6-8)19(15,16)14-7-9-4-5-13-17-9/h1-6,14H,7H2,(H2,12,18). The Bertz CT molecular complexity index is 681. The number of nitrogens with zero attached hydrogens (tertiary/aromatic N) is 1. The lowest BCUT2D eigenvalue weighted by Crippen LogP contribution is -2.23. The molecule has 100 valence electrons. The molecule has 8 heteroatoms. The van der Waals surface area contributed by atoms with E-state index in [1.54, 1.807) is 18.2 Å². The van der Waals surface area contributed by atoms with Crippen molar-refractivity contribution in [1.29, 1.82) is 0 Å². The summed E-state index contributed by atoms with van der Waals surface area (Å²) < 4.78 is 31.3. The van der Waals surface area contributed by atoms with E-state index in [2.05, 4.69) is 9.88 Å². The summed E-state index contributed by atoms with van der Waals surface area (Å²) in [6.07, 6.45) is 1.44. The summed E-state index contributed by atoms with van der Waals surface area (Å²) in [6, 6.07) is 7.69. The third-order valence-electron chi connectivity index (χ3n) is 2.36. The molecule has 19 heavy (non-hydrogen) atoms. The van der Waals surface area contributed by atoms with Crippen LogP contribution in [0.5, 0.6) is 0 Å². The Morgan fingerprint density at radius 1 is 1.42 bits per heavy atom. The van der Waals surface area contributed by atoms with Crippen molar-refractivity contribution in [2.75, 3.05) is 0 Å². The number of hydrogen-bond donors (Lipinski definition) is 2. The Labute approximate surface area is 115 Å². The van der Waals surface area contributed by atoms with Crippen molar-refractivity contribution in [3.8, 4) is 0 Å². The van der Waals surface area contributed by atoms with Gasteiger partial charge < -0.3 is 10.3 Å². The van der Waals surface area contributed by atoms with Gasteiger partial charge in [-0.2, -0.15) is 0 Å². The fraction of sp³-hybridized carbons (Fsp3) is 0.0909. The molecule has 0 radical (unpaired) electrons. The first-order valence-corrected chi connectivity index (χ1v) is 7.17. The van der Waals surface area contributed by atoms with E-state index in [1.807, 2.05) is 0 Å². The van der Waals surface area contributed by atoms with Crippen LogP contribution >= 0.6 is 12.2 Å². The second-order valence-electron chi connectivity index (χ2n) is 3.70. The molecule has 0 saturated heterocycles. The molecule has 1 aromatic carbocycles. The first kappa shape index (κ1) is 13.7. The number of rotatable bonds is 5. The predicted molar refractivity (Wildman–Crippen MR) is 72.9 cm³/mol. The molecule has 0 aliphatic carbocycles. The number of aromatic nitrogens is 1. The lowest BCUT2D eigenvalue weighted by Gasteiger charge is -2.06. The smallest absolute Gasteiger partial charge is 0.241 e. The average Bonchev–Trinajstić information content (AvgIpc) is 2.90. The molecule has 0 amide bonds. The van der Waals surface area contributed by atoms with Gasteiger partial charge in [-0.3, -0.25) is 0 Å². The quantitative estimate of drug-likeness (QED) is 0.792. The molecule has 0 fully saturated rings. The molecule has 2 aromatic rings. The van der Waals surface area contributed by atoms with E-state index in [9.17, 15) is 8.42 Å². The number of sulfonamides is 1. The van der Waals surface area contributed by atoms with E-state index in [0.717, 1.165) is 0 Å². The van der Waals surface area contributed by atoms with E-state index in [1.165, 1.54) is 18.3 Å². The van der Waals surface area contributed by atoms with Crippen LogP contribution in [0.15, 0.2) is 45.9 Å². The molecular formula is C11H11N3O3S2. The van der Waals surface area contributed by atoms with Crippen LogP contribution in [-0.2, 0) is 16.6 Å². The van der Waals surface area contributed by atoms with Gasteiger partial charge in [0, 0.05) is 11.6 Å². The Balaban J connectivity index is 2.19. The van der Waals surface area contributed by atoms with Crippen LogP contribution < -0.4 is 10.5 Å². The molecule has 1 heterocycles. The first-order chi connectivity index (χ1) is 8.99. The summed E-state index contributed by atoms with van der Waals surface area (Å²) in [5.41, 5.74) is 5.97. The van der Waals surface area contributed by atoms with E-state index in [0.29, 0.717) is 11.3 Å². The summed E-state index contributed by atoms with van der Waals surface area (Å²) in [4.78, 5) is 0.240. The van der Waals surface area contributed by atoms with Crippen LogP contribution in [-0.4, -0.2) is 18.6 Å². The van der Waals surface area contributed by atoms with Crippen molar-refractivity contribution in [2.45, 2.75) is 11.4 Å². The highest BCUT2D eigenvalue weighted by Crippen LogP contribution is 2.12. The highest BCUT2D eigenvalue weighted by atomic mass is 32.2. The van der Waals surface area contributed by atoms with Crippen LogP contribution in [0.3, 0.4) is 0 Å². The van der Waals surface area contributed by atoms with Crippen LogP contribution in [0.2, 0.25) is 0 Å². The fourth-order valence-electron chi connectivity index (χ4n) is 1.40. The Kier molecular flexibility index (Phi) is 3.93. The lowest BCUT2D eigenvalue weighted by atomic mass is 10.2. The Morgan fingerprint density at radius 2 is 2.21 bits per heavy atom. The van der Waals surface area contributed by atoms with Crippen molar-refractivity contribution in [3.05, 3.63) is 47.9 Å². The fourth-order valence-corrected chi connectivity index (χ4v) is 2.57. The third-order valence-corrected chi connectivity index (χ3v) is 3.99. The van der Waals surface area contributed by atoms with Crippen molar-refractivity contribution < 1.29 is 12.9 Å². The topological polar surface area (TPSA) is 98.2 Å². The second-order valence-corrected chi connectivity index (χ2v) is 5.90. The molecule has 0 atom stereocenters. The summed E-state index contributed by atoms with van der Waals surface area (Å²) in [7, 11) is -3.65. The summed E-state index contributed by atoms with van der Waals surface area (Å²) in [5, 5.41) is 3.49. The van der Waals surface area contributed by atoms with Gasteiger partial charge in [0.2, 0.25) is 10.0 Å². The Hall–Kier alpha value is -1.77. The van der Waals surface area contributed by atoms with E-state index in [-0.39, 0.29) is 16.4 Å². The molecule has 0 spiro atoms. The molecule has 0 saturated carbocycles. The van der Waals surface area contributed by atoms with E-state index < -0.39 is 10.0 Å². The van der Waals surface area contributed by atoms with Crippen molar-refractivity contribution in [3.63, 3.8) is 0 Å². The van der Waals surface area contributed by atoms with Gasteiger partial charge in [0.1, 0.15) is 4.99 Å². The normalized spacial score (nSPS) is 11.4. The van der Waals surface area contributed by atoms with Gasteiger partial charge in [-0.15, -0.1) is 0 Å². The second kappa shape index (κ2) is 5.47. The molecule has 3 N–H and O–H groups in total. The zero-order chi connectivity index (χ0) is 13.9. The maximum atomic E-state index is 12.0. The molecule has 0 aliphatic rings. The van der Waals surface area contributed by atoms with Gasteiger partial charge in [0.05, 0.1) is 17.6 Å². The molecule has 0 bridgehead atoms. The number of nitrogens with two attached hydrogens (primary N) is 1. The summed E-state index contributed by atoms with van der Waals surface area (Å²) in [5.74, 6) is 0.425. The molecule has 2 rings (SSSR count). The molecule has 6 nitrogen and oxygen atoms in total. The summed E-state index contributed by atoms with van der Waals surface area (Å²) >= 11 is 4.81. The highest BCUT2D eigenvalue weighted by molar-refractivity contribution is 7.89. The van der Waals surface area contributed by atoms with Crippen molar-refractivity contribution in [2.24, 2.45) is 5.73 Å². The summed E-state index contributed by atoms with van der Waals surface area (Å²) in [6.45, 7) is 0.0274. The minimum atomic E-state index is -3.65. The number of hydrogen-bond acceptors (Lipinski definition) is 5. The number of benzene rings is 1. The molecule has 1 aromatic heterocycles. The van der Waals surface area contributed by atoms with Crippen molar-refractivity contribution >= 4 is 27.2 Å². The predicted octanol–water partition coefficient (Wildman–Crippen LogP) is 0.787. The Morgan fingerprint density at radius 3 is 2.84 bits per heavy atom. The number of thiocarbonyl (C=S) groups is 1. The minimum Gasteiger partial charge on any atom is -0.389 e. The minimum absolute atomic E-state index is 0.0274. The average molecular weight is 297 g/mol. The van der Waals surface area contributed by atoms with Crippen LogP contribution in [0.1, 0.15) is 11.3 Å². The van der Waals surface area contributed by atoms with Crippen LogP contribution in [0, 0.1) is 0 Å². The van der Waals surface area contributed by atoms with Gasteiger partial charge in [-0.1, -0.05) is 29.5 Å². The van der Waals surface area contributed by atoms with Gasteiger partial charge >= 0.3 is 0 Å². The van der Waals surface area contributed by atoms with Crippen LogP contribution in [0.4, 0.5) is 0 Å². The molecular weight excluding hydrogens is 286 g/mol. The lowest BCUT2D eigenvalue weighted by molar-refractivity contribution is 0.380. The van der Waals surface area contributed by atoms with Gasteiger partial charge in [-0.25, -0.2) is 13.1 Å². The van der Waals surface area contributed by atoms with Gasteiger partial charge in [0.15, 0.2) is 5.76 Å². The zero-order valence-corrected chi connectivity index (χ0v) is 11.4. The maximum Gasteiger partial charge on any atom is 0.241 e. The maximum absolute atomic E-state index is 12.0. The van der Waals surface area contributed by atoms with E-state index in [4.69, 9.17) is 22.5 Å².